The molecule has 20 heavy (non-hydrogen) atoms. The number of aryl methyl sites for hydroxylation is 1. The number of rotatable bonds is 7. The lowest BCUT2D eigenvalue weighted by Gasteiger charge is -2.12. The molecule has 0 aliphatic rings. The molecule has 0 radical (unpaired) electrons. The average Bonchev–Trinajstić information content (AvgIpc) is 2.84. The minimum atomic E-state index is 0.601. The number of nitrogens with one attached hydrogen (secondary N) is 1. The van der Waals surface area contributed by atoms with Crippen molar-refractivity contribution < 1.29 is 4.74 Å². The Kier molecular flexibility index (Phi) is 5.04. The molecule has 0 aliphatic heterocycles. The summed E-state index contributed by atoms with van der Waals surface area (Å²) in [5.74, 6) is 2.43. The molecule has 0 bridgehead atoms. The molecule has 108 valence electrons. The zero-order valence-corrected chi connectivity index (χ0v) is 12.5. The van der Waals surface area contributed by atoms with Crippen LogP contribution in [0, 0.1) is 12.8 Å². The summed E-state index contributed by atoms with van der Waals surface area (Å²) in [6, 6.07) is 8.11. The Hall–Kier alpha value is -1.97. The van der Waals surface area contributed by atoms with Crippen molar-refractivity contribution in [3.63, 3.8) is 0 Å². The smallest absolute Gasteiger partial charge is 0.202 e. The molecule has 0 unspecified atom stereocenters. The maximum atomic E-state index is 5.76. The highest BCUT2D eigenvalue weighted by Gasteiger charge is 2.03. The number of hydrogen-bond donors (Lipinski definition) is 1. The van der Waals surface area contributed by atoms with Crippen LogP contribution in [0.3, 0.4) is 0 Å². The Morgan fingerprint density at radius 3 is 2.95 bits per heavy atom. The zero-order valence-electron chi connectivity index (χ0n) is 12.5. The van der Waals surface area contributed by atoms with E-state index in [9.17, 15) is 0 Å². The summed E-state index contributed by atoms with van der Waals surface area (Å²) in [5, 5.41) is 3.35. The predicted octanol–water partition coefficient (Wildman–Crippen LogP) is 3.34. The van der Waals surface area contributed by atoms with Crippen LogP contribution in [0.5, 0.6) is 5.75 Å². The lowest BCUT2D eigenvalue weighted by atomic mass is 10.2. The molecule has 0 amide bonds. The van der Waals surface area contributed by atoms with E-state index in [0.717, 1.165) is 24.8 Å². The zero-order chi connectivity index (χ0) is 14.4. The molecule has 4 nitrogen and oxygen atoms in total. The first kappa shape index (κ1) is 14.4. The van der Waals surface area contributed by atoms with Gasteiger partial charge in [0.1, 0.15) is 12.4 Å². The summed E-state index contributed by atoms with van der Waals surface area (Å²) in [6.45, 7) is 8.78. The number of aromatic nitrogens is 2. The molecule has 0 atom stereocenters. The van der Waals surface area contributed by atoms with Crippen LogP contribution in [0.25, 0.3) is 0 Å². The van der Waals surface area contributed by atoms with Gasteiger partial charge in [-0.05, 0) is 30.5 Å². The summed E-state index contributed by atoms with van der Waals surface area (Å²) in [7, 11) is 0. The first-order valence-corrected chi connectivity index (χ1v) is 7.09. The van der Waals surface area contributed by atoms with Crippen LogP contribution in [0.2, 0.25) is 0 Å². The van der Waals surface area contributed by atoms with E-state index in [0.29, 0.717) is 12.5 Å². The van der Waals surface area contributed by atoms with Crippen molar-refractivity contribution in [3.8, 4) is 5.75 Å². The van der Waals surface area contributed by atoms with E-state index in [1.807, 2.05) is 30.6 Å². The summed E-state index contributed by atoms with van der Waals surface area (Å²) < 4.78 is 7.85. The van der Waals surface area contributed by atoms with Crippen molar-refractivity contribution in [2.45, 2.75) is 27.3 Å². The third-order valence-corrected chi connectivity index (χ3v) is 2.97. The Bertz CT molecular complexity index is 534. The van der Waals surface area contributed by atoms with Crippen LogP contribution in [-0.4, -0.2) is 22.7 Å². The van der Waals surface area contributed by atoms with Gasteiger partial charge in [-0.1, -0.05) is 26.0 Å². The Morgan fingerprint density at radius 2 is 2.20 bits per heavy atom. The summed E-state index contributed by atoms with van der Waals surface area (Å²) in [5.41, 5.74) is 1.21. The van der Waals surface area contributed by atoms with Crippen LogP contribution in [0.1, 0.15) is 19.4 Å². The largest absolute Gasteiger partial charge is 0.492 e. The molecule has 0 saturated carbocycles. The molecule has 2 aromatic rings. The first-order valence-electron chi connectivity index (χ1n) is 7.09. The lowest BCUT2D eigenvalue weighted by Crippen LogP contribution is -2.15. The molecule has 2 rings (SSSR count). The summed E-state index contributed by atoms with van der Waals surface area (Å²) in [6.07, 6.45) is 3.79. The topological polar surface area (TPSA) is 39.1 Å². The number of nitrogens with zero attached hydrogens (tertiary/aromatic N) is 2. The average molecular weight is 273 g/mol. The van der Waals surface area contributed by atoms with Crippen molar-refractivity contribution >= 4 is 5.95 Å². The Balaban J connectivity index is 1.83. The normalized spacial score (nSPS) is 10.8. The van der Waals surface area contributed by atoms with Crippen LogP contribution in [0.4, 0.5) is 5.95 Å². The first-order chi connectivity index (χ1) is 9.65. The van der Waals surface area contributed by atoms with Gasteiger partial charge in [0.2, 0.25) is 5.95 Å². The van der Waals surface area contributed by atoms with Crippen molar-refractivity contribution in [2.75, 3.05) is 18.5 Å². The van der Waals surface area contributed by atoms with Gasteiger partial charge in [-0.2, -0.15) is 0 Å². The van der Waals surface area contributed by atoms with Crippen molar-refractivity contribution in [3.05, 3.63) is 42.2 Å². The molecule has 1 heterocycles. The van der Waals surface area contributed by atoms with Crippen LogP contribution in [-0.2, 0) is 6.54 Å². The minimum absolute atomic E-state index is 0.601. The SMILES string of the molecule is Cc1cccc(OCCn2ccnc2NCC(C)C)c1. The molecule has 1 aromatic carbocycles. The van der Waals surface area contributed by atoms with E-state index in [2.05, 4.69) is 41.7 Å². The monoisotopic (exact) mass is 273 g/mol. The molecule has 1 aromatic heterocycles. The number of imidazole rings is 1. The second-order valence-corrected chi connectivity index (χ2v) is 5.38. The lowest BCUT2D eigenvalue weighted by molar-refractivity contribution is 0.299. The summed E-state index contributed by atoms with van der Waals surface area (Å²) >= 11 is 0. The van der Waals surface area contributed by atoms with Gasteiger partial charge in [-0.15, -0.1) is 0 Å². The second kappa shape index (κ2) is 6.98. The second-order valence-electron chi connectivity index (χ2n) is 5.38. The number of anilines is 1. The Morgan fingerprint density at radius 1 is 1.35 bits per heavy atom. The fourth-order valence-electron chi connectivity index (χ4n) is 1.92. The van der Waals surface area contributed by atoms with Gasteiger partial charge in [0.25, 0.3) is 0 Å². The molecule has 1 N–H and O–H groups in total. The fourth-order valence-corrected chi connectivity index (χ4v) is 1.92. The highest BCUT2D eigenvalue weighted by atomic mass is 16.5. The van der Waals surface area contributed by atoms with Gasteiger partial charge in [0, 0.05) is 18.9 Å². The maximum Gasteiger partial charge on any atom is 0.202 e. The molecule has 0 spiro atoms. The van der Waals surface area contributed by atoms with Crippen LogP contribution in [0.15, 0.2) is 36.7 Å². The van der Waals surface area contributed by atoms with E-state index in [1.165, 1.54) is 5.56 Å². The van der Waals surface area contributed by atoms with E-state index < -0.39 is 0 Å². The third-order valence-electron chi connectivity index (χ3n) is 2.97. The number of hydrogen-bond acceptors (Lipinski definition) is 3. The van der Waals surface area contributed by atoms with E-state index in [-0.39, 0.29) is 0 Å². The fraction of sp³-hybridized carbons (Fsp3) is 0.438. The molecule has 4 heteroatoms. The predicted molar refractivity (Wildman–Crippen MR) is 82.2 cm³/mol. The van der Waals surface area contributed by atoms with Crippen LogP contribution >= 0.6 is 0 Å². The molecule has 0 saturated heterocycles. The minimum Gasteiger partial charge on any atom is -0.492 e. The van der Waals surface area contributed by atoms with Gasteiger partial charge in [-0.25, -0.2) is 4.98 Å². The molecular formula is C16H23N3O. The number of ether oxygens (including phenoxy) is 1. The van der Waals surface area contributed by atoms with Crippen LogP contribution < -0.4 is 10.1 Å². The molecular weight excluding hydrogens is 250 g/mol. The summed E-state index contributed by atoms with van der Waals surface area (Å²) in [4.78, 5) is 4.32. The number of benzene rings is 1. The molecule has 0 fully saturated rings. The van der Waals surface area contributed by atoms with Gasteiger partial charge in [0.05, 0.1) is 6.54 Å². The van der Waals surface area contributed by atoms with E-state index >= 15 is 0 Å². The van der Waals surface area contributed by atoms with E-state index in [4.69, 9.17) is 4.74 Å². The van der Waals surface area contributed by atoms with Gasteiger partial charge < -0.3 is 14.6 Å². The highest BCUT2D eigenvalue weighted by Crippen LogP contribution is 2.13. The van der Waals surface area contributed by atoms with Gasteiger partial charge in [0.15, 0.2) is 0 Å². The van der Waals surface area contributed by atoms with E-state index in [1.54, 1.807) is 0 Å². The standard InChI is InChI=1S/C16H23N3O/c1-13(2)12-18-16-17-7-8-19(16)9-10-20-15-6-4-5-14(3)11-15/h4-8,11,13H,9-10,12H2,1-3H3,(H,17,18). The van der Waals surface area contributed by atoms with Gasteiger partial charge >= 0.3 is 0 Å². The molecule has 0 aliphatic carbocycles. The third kappa shape index (κ3) is 4.30. The van der Waals surface area contributed by atoms with Crippen molar-refractivity contribution in [1.29, 1.82) is 0 Å². The highest BCUT2D eigenvalue weighted by molar-refractivity contribution is 5.28. The quantitative estimate of drug-likeness (QED) is 0.841. The van der Waals surface area contributed by atoms with Gasteiger partial charge in [-0.3, -0.25) is 0 Å². The van der Waals surface area contributed by atoms with Crippen molar-refractivity contribution in [1.82, 2.24) is 9.55 Å². The Labute approximate surface area is 120 Å². The maximum absolute atomic E-state index is 5.76. The van der Waals surface area contributed by atoms with Crippen molar-refractivity contribution in [2.24, 2.45) is 5.92 Å².